The summed E-state index contributed by atoms with van der Waals surface area (Å²) in [6.07, 6.45) is 2.14. The van der Waals surface area contributed by atoms with Crippen LogP contribution in [0.1, 0.15) is 24.5 Å². The van der Waals surface area contributed by atoms with Crippen molar-refractivity contribution in [3.8, 4) is 0 Å². The van der Waals surface area contributed by atoms with Crippen molar-refractivity contribution in [3.63, 3.8) is 0 Å². The highest BCUT2D eigenvalue weighted by Crippen LogP contribution is 2.29. The van der Waals surface area contributed by atoms with Gasteiger partial charge in [0.2, 0.25) is 0 Å². The number of rotatable bonds is 3. The number of hydrogen-bond acceptors (Lipinski definition) is 4. The second-order valence-corrected chi connectivity index (χ2v) is 5.39. The first-order chi connectivity index (χ1) is 9.79. The zero-order valence-electron chi connectivity index (χ0n) is 11.5. The number of nitrogens with zero attached hydrogens (tertiary/aromatic N) is 2. The number of nitrogens with one attached hydrogen (secondary N) is 1. The highest BCUT2D eigenvalue weighted by molar-refractivity contribution is 5.83. The number of piperidine rings is 1. The van der Waals surface area contributed by atoms with E-state index in [0.29, 0.717) is 12.5 Å². The molecule has 1 aliphatic heterocycles. The minimum atomic E-state index is -0.107. The minimum absolute atomic E-state index is 0.107. The van der Waals surface area contributed by atoms with Crippen molar-refractivity contribution >= 4 is 10.8 Å². The molecule has 0 radical (unpaired) electrons. The van der Waals surface area contributed by atoms with Crippen LogP contribution in [-0.4, -0.2) is 41.3 Å². The van der Waals surface area contributed by atoms with Gasteiger partial charge >= 0.3 is 0 Å². The fraction of sp³-hybridized carbons (Fsp3) is 0.467. The van der Waals surface area contributed by atoms with E-state index < -0.39 is 0 Å². The van der Waals surface area contributed by atoms with Crippen LogP contribution in [0.5, 0.6) is 0 Å². The lowest BCUT2D eigenvalue weighted by atomic mass is 9.90. The van der Waals surface area contributed by atoms with Gasteiger partial charge in [-0.2, -0.15) is 5.10 Å². The zero-order valence-corrected chi connectivity index (χ0v) is 11.5. The number of nitrogens with two attached hydrogens (primary N) is 1. The van der Waals surface area contributed by atoms with Crippen molar-refractivity contribution in [2.45, 2.75) is 18.8 Å². The molecule has 5 heteroatoms. The summed E-state index contributed by atoms with van der Waals surface area (Å²) >= 11 is 0. The summed E-state index contributed by atoms with van der Waals surface area (Å²) in [6, 6.07) is 7.73. The molecule has 0 aliphatic carbocycles. The van der Waals surface area contributed by atoms with Gasteiger partial charge in [0.1, 0.15) is 0 Å². The van der Waals surface area contributed by atoms with Crippen molar-refractivity contribution in [3.05, 3.63) is 40.3 Å². The van der Waals surface area contributed by atoms with E-state index in [1.165, 1.54) is 0 Å². The van der Waals surface area contributed by atoms with Crippen LogP contribution in [0.25, 0.3) is 10.8 Å². The summed E-state index contributed by atoms with van der Waals surface area (Å²) in [4.78, 5) is 14.2. The Kier molecular flexibility index (Phi) is 3.80. The highest BCUT2D eigenvalue weighted by atomic mass is 16.1. The van der Waals surface area contributed by atoms with E-state index in [1.807, 2.05) is 24.3 Å². The summed E-state index contributed by atoms with van der Waals surface area (Å²) in [6.45, 7) is 3.78. The molecule has 1 aromatic carbocycles. The number of benzene rings is 1. The third-order valence-corrected chi connectivity index (χ3v) is 4.15. The molecule has 0 atom stereocenters. The quantitative estimate of drug-likeness (QED) is 0.876. The third-order valence-electron chi connectivity index (χ3n) is 4.15. The van der Waals surface area contributed by atoms with Crippen LogP contribution in [-0.2, 0) is 0 Å². The summed E-state index contributed by atoms with van der Waals surface area (Å²) in [7, 11) is 0. The standard InChI is InChI=1S/C15H20N4O/c16-7-10-19-8-5-11(6-9-19)14-12-3-1-2-4-13(12)15(20)18-17-14/h1-4,11H,5-10,16H2,(H,18,20). The lowest BCUT2D eigenvalue weighted by Gasteiger charge is -2.31. The number of likely N-dealkylation sites (tertiary alicyclic amines) is 1. The van der Waals surface area contributed by atoms with Gasteiger partial charge in [-0.1, -0.05) is 18.2 Å². The molecule has 20 heavy (non-hydrogen) atoms. The second-order valence-electron chi connectivity index (χ2n) is 5.39. The fourth-order valence-corrected chi connectivity index (χ4v) is 3.06. The number of fused-ring (bicyclic) bond motifs is 1. The van der Waals surface area contributed by atoms with Gasteiger partial charge in [0, 0.05) is 24.4 Å². The Balaban J connectivity index is 1.89. The predicted octanol–water partition coefficient (Wildman–Crippen LogP) is 1.06. The summed E-state index contributed by atoms with van der Waals surface area (Å²) in [5.74, 6) is 0.422. The summed E-state index contributed by atoms with van der Waals surface area (Å²) in [5, 5.41) is 8.69. The Bertz CT molecular complexity index is 644. The Morgan fingerprint density at radius 2 is 1.95 bits per heavy atom. The molecule has 0 unspecified atom stereocenters. The van der Waals surface area contributed by atoms with Gasteiger partial charge in [0.15, 0.2) is 0 Å². The highest BCUT2D eigenvalue weighted by Gasteiger charge is 2.23. The maximum absolute atomic E-state index is 11.8. The Morgan fingerprint density at radius 3 is 2.65 bits per heavy atom. The molecule has 106 valence electrons. The average Bonchev–Trinajstić information content (AvgIpc) is 2.49. The normalized spacial score (nSPS) is 17.6. The number of aromatic amines is 1. The molecule has 1 aromatic heterocycles. The molecular formula is C15H20N4O. The van der Waals surface area contributed by atoms with Crippen molar-refractivity contribution in [2.24, 2.45) is 5.73 Å². The number of H-pyrrole nitrogens is 1. The van der Waals surface area contributed by atoms with Crippen LogP contribution < -0.4 is 11.3 Å². The van der Waals surface area contributed by atoms with Crippen LogP contribution in [0.15, 0.2) is 29.1 Å². The van der Waals surface area contributed by atoms with Crippen LogP contribution in [0, 0.1) is 0 Å². The van der Waals surface area contributed by atoms with Crippen LogP contribution in [0.3, 0.4) is 0 Å². The fourth-order valence-electron chi connectivity index (χ4n) is 3.06. The molecule has 3 N–H and O–H groups in total. The summed E-state index contributed by atoms with van der Waals surface area (Å²) in [5.41, 5.74) is 6.53. The average molecular weight is 272 g/mol. The Labute approximate surface area is 117 Å². The second kappa shape index (κ2) is 5.73. The molecule has 0 amide bonds. The number of hydrogen-bond donors (Lipinski definition) is 2. The third kappa shape index (κ3) is 2.46. The van der Waals surface area contributed by atoms with Crippen LogP contribution in [0.2, 0.25) is 0 Å². The van der Waals surface area contributed by atoms with E-state index in [4.69, 9.17) is 5.73 Å². The Morgan fingerprint density at radius 1 is 1.25 bits per heavy atom. The van der Waals surface area contributed by atoms with Gasteiger partial charge < -0.3 is 10.6 Å². The van der Waals surface area contributed by atoms with E-state index in [0.717, 1.165) is 48.9 Å². The Hall–Kier alpha value is -1.72. The molecule has 3 rings (SSSR count). The smallest absolute Gasteiger partial charge is 0.272 e. The van der Waals surface area contributed by atoms with E-state index in [9.17, 15) is 4.79 Å². The van der Waals surface area contributed by atoms with Crippen molar-refractivity contribution in [1.29, 1.82) is 0 Å². The van der Waals surface area contributed by atoms with Crippen LogP contribution in [0.4, 0.5) is 0 Å². The maximum Gasteiger partial charge on any atom is 0.272 e. The van der Waals surface area contributed by atoms with Crippen molar-refractivity contribution in [2.75, 3.05) is 26.2 Å². The first-order valence-electron chi connectivity index (χ1n) is 7.19. The van der Waals surface area contributed by atoms with Crippen molar-refractivity contribution in [1.82, 2.24) is 15.1 Å². The molecular weight excluding hydrogens is 252 g/mol. The SMILES string of the molecule is NCCN1CCC(c2n[nH]c(=O)c3ccccc23)CC1. The summed E-state index contributed by atoms with van der Waals surface area (Å²) < 4.78 is 0. The monoisotopic (exact) mass is 272 g/mol. The van der Waals surface area contributed by atoms with E-state index in [-0.39, 0.29) is 5.56 Å². The molecule has 5 nitrogen and oxygen atoms in total. The first kappa shape index (κ1) is 13.3. The predicted molar refractivity (Wildman–Crippen MR) is 79.8 cm³/mol. The van der Waals surface area contributed by atoms with E-state index >= 15 is 0 Å². The maximum atomic E-state index is 11.8. The first-order valence-corrected chi connectivity index (χ1v) is 7.19. The van der Waals surface area contributed by atoms with Gasteiger partial charge in [0.25, 0.3) is 5.56 Å². The molecule has 1 saturated heterocycles. The van der Waals surface area contributed by atoms with Gasteiger partial charge in [-0.3, -0.25) is 4.79 Å². The zero-order chi connectivity index (χ0) is 13.9. The molecule has 1 aliphatic rings. The van der Waals surface area contributed by atoms with Gasteiger partial charge in [-0.05, 0) is 32.0 Å². The lowest BCUT2D eigenvalue weighted by molar-refractivity contribution is 0.216. The van der Waals surface area contributed by atoms with Gasteiger partial charge in [-0.15, -0.1) is 0 Å². The largest absolute Gasteiger partial charge is 0.329 e. The molecule has 0 saturated carbocycles. The lowest BCUT2D eigenvalue weighted by Crippen LogP contribution is -2.36. The van der Waals surface area contributed by atoms with E-state index in [2.05, 4.69) is 15.1 Å². The molecule has 0 spiro atoms. The molecule has 2 aromatic rings. The van der Waals surface area contributed by atoms with Crippen LogP contribution >= 0.6 is 0 Å². The van der Waals surface area contributed by atoms with Gasteiger partial charge in [0.05, 0.1) is 11.1 Å². The topological polar surface area (TPSA) is 75.0 Å². The van der Waals surface area contributed by atoms with E-state index in [1.54, 1.807) is 0 Å². The number of aromatic nitrogens is 2. The minimum Gasteiger partial charge on any atom is -0.329 e. The molecule has 1 fully saturated rings. The molecule has 0 bridgehead atoms. The van der Waals surface area contributed by atoms with Gasteiger partial charge in [-0.25, -0.2) is 5.10 Å². The molecule has 2 heterocycles. The van der Waals surface area contributed by atoms with Crippen molar-refractivity contribution < 1.29 is 0 Å².